The van der Waals surface area contributed by atoms with Gasteiger partial charge in [-0.3, -0.25) is 4.72 Å². The van der Waals surface area contributed by atoms with Crippen LogP contribution in [0.15, 0.2) is 24.3 Å². The van der Waals surface area contributed by atoms with Crippen LogP contribution in [0, 0.1) is 0 Å². The summed E-state index contributed by atoms with van der Waals surface area (Å²) in [7, 11) is -3.18. The molecule has 0 fully saturated rings. The van der Waals surface area contributed by atoms with Crippen molar-refractivity contribution in [3.8, 4) is 0 Å². The van der Waals surface area contributed by atoms with Gasteiger partial charge in [-0.05, 0) is 30.7 Å². The largest absolute Gasteiger partial charge is 0.385 e. The number of hydrogen-bond donors (Lipinski definition) is 2. The summed E-state index contributed by atoms with van der Waals surface area (Å²) in [6, 6.07) is 7.22. The smallest absolute Gasteiger partial charge is 0.229 e. The molecule has 0 aliphatic carbocycles. The number of unbranched alkanes of at least 4 members (excludes halogenated alkanes) is 1. The predicted octanol–water partition coefficient (Wildman–Crippen LogP) is 2.27. The van der Waals surface area contributed by atoms with Crippen LogP contribution >= 0.6 is 0 Å². The van der Waals surface area contributed by atoms with Crippen LogP contribution in [0.5, 0.6) is 0 Å². The molecule has 0 aromatic heterocycles. The first-order chi connectivity index (χ1) is 7.51. The van der Waals surface area contributed by atoms with E-state index in [-0.39, 0.29) is 0 Å². The summed E-state index contributed by atoms with van der Waals surface area (Å²) >= 11 is 0. The number of nitrogens with one attached hydrogen (secondary N) is 2. The van der Waals surface area contributed by atoms with Gasteiger partial charge in [-0.15, -0.1) is 0 Å². The maximum Gasteiger partial charge on any atom is 0.229 e. The van der Waals surface area contributed by atoms with Gasteiger partial charge in [-0.2, -0.15) is 0 Å². The molecule has 0 amide bonds. The Balaban J connectivity index is 2.54. The van der Waals surface area contributed by atoms with Crippen LogP contribution in [0.4, 0.5) is 11.4 Å². The van der Waals surface area contributed by atoms with E-state index < -0.39 is 10.0 Å². The average Bonchev–Trinajstić information content (AvgIpc) is 2.19. The van der Waals surface area contributed by atoms with E-state index in [0.717, 1.165) is 31.3 Å². The monoisotopic (exact) mass is 242 g/mol. The molecule has 0 bridgehead atoms. The zero-order valence-electron chi connectivity index (χ0n) is 9.66. The normalized spacial score (nSPS) is 11.1. The lowest BCUT2D eigenvalue weighted by Gasteiger charge is -2.07. The quantitative estimate of drug-likeness (QED) is 0.752. The SMILES string of the molecule is CCCCNc1ccc(NS(C)(=O)=O)cc1. The molecule has 5 heteroatoms. The van der Waals surface area contributed by atoms with Crippen LogP contribution in [0.2, 0.25) is 0 Å². The van der Waals surface area contributed by atoms with Crippen molar-refractivity contribution in [1.29, 1.82) is 0 Å². The summed E-state index contributed by atoms with van der Waals surface area (Å²) in [5.74, 6) is 0. The third-order valence-electron chi connectivity index (χ3n) is 2.05. The van der Waals surface area contributed by atoms with E-state index in [1.54, 1.807) is 12.1 Å². The van der Waals surface area contributed by atoms with Gasteiger partial charge in [0.05, 0.1) is 6.26 Å². The van der Waals surface area contributed by atoms with Crippen LogP contribution in [0.3, 0.4) is 0 Å². The molecule has 1 aromatic carbocycles. The molecule has 1 aromatic rings. The third kappa shape index (κ3) is 5.02. The fourth-order valence-electron chi connectivity index (χ4n) is 1.28. The Morgan fingerprint density at radius 1 is 1.12 bits per heavy atom. The predicted molar refractivity (Wildman–Crippen MR) is 68.3 cm³/mol. The highest BCUT2D eigenvalue weighted by Gasteiger charge is 2.00. The maximum absolute atomic E-state index is 11.0. The van der Waals surface area contributed by atoms with Crippen molar-refractivity contribution < 1.29 is 8.42 Å². The molecule has 0 spiro atoms. The van der Waals surface area contributed by atoms with Crippen LogP contribution in [-0.2, 0) is 10.0 Å². The Morgan fingerprint density at radius 2 is 1.69 bits per heavy atom. The lowest BCUT2D eigenvalue weighted by molar-refractivity contribution is 0.607. The van der Waals surface area contributed by atoms with E-state index in [0.29, 0.717) is 5.69 Å². The van der Waals surface area contributed by atoms with Crippen LogP contribution < -0.4 is 10.0 Å². The van der Waals surface area contributed by atoms with E-state index in [2.05, 4.69) is 17.0 Å². The average molecular weight is 242 g/mol. The molecule has 0 atom stereocenters. The summed E-state index contributed by atoms with van der Waals surface area (Å²) in [6.07, 6.45) is 3.42. The lowest BCUT2D eigenvalue weighted by atomic mass is 10.2. The van der Waals surface area contributed by atoms with Gasteiger partial charge < -0.3 is 5.32 Å². The minimum Gasteiger partial charge on any atom is -0.385 e. The summed E-state index contributed by atoms with van der Waals surface area (Å²) in [6.45, 7) is 3.08. The second-order valence-corrected chi connectivity index (χ2v) is 5.48. The van der Waals surface area contributed by atoms with Crippen molar-refractivity contribution in [3.05, 3.63) is 24.3 Å². The minimum absolute atomic E-state index is 0.587. The molecule has 0 saturated carbocycles. The van der Waals surface area contributed by atoms with Crippen molar-refractivity contribution in [2.45, 2.75) is 19.8 Å². The van der Waals surface area contributed by atoms with Crippen LogP contribution in [0.25, 0.3) is 0 Å². The Bertz CT molecular complexity index is 412. The summed E-state index contributed by atoms with van der Waals surface area (Å²) in [5.41, 5.74) is 1.59. The molecule has 0 heterocycles. The molecule has 4 nitrogen and oxygen atoms in total. The van der Waals surface area contributed by atoms with Crippen molar-refractivity contribution >= 4 is 21.4 Å². The van der Waals surface area contributed by atoms with Crippen LogP contribution in [0.1, 0.15) is 19.8 Å². The topological polar surface area (TPSA) is 58.2 Å². The standard InChI is InChI=1S/C11H18N2O2S/c1-3-4-9-12-10-5-7-11(8-6-10)13-16(2,14)15/h5-8,12-13H,3-4,9H2,1-2H3. The van der Waals surface area contributed by atoms with E-state index in [9.17, 15) is 8.42 Å². The molecular weight excluding hydrogens is 224 g/mol. The molecule has 0 aliphatic rings. The number of hydrogen-bond acceptors (Lipinski definition) is 3. The highest BCUT2D eigenvalue weighted by atomic mass is 32.2. The van der Waals surface area contributed by atoms with Gasteiger partial charge >= 0.3 is 0 Å². The molecule has 1 rings (SSSR count). The number of sulfonamides is 1. The molecule has 16 heavy (non-hydrogen) atoms. The molecule has 0 radical (unpaired) electrons. The van der Waals surface area contributed by atoms with E-state index in [1.807, 2.05) is 12.1 Å². The van der Waals surface area contributed by atoms with Crippen molar-refractivity contribution in [2.75, 3.05) is 22.8 Å². The first kappa shape index (κ1) is 12.8. The van der Waals surface area contributed by atoms with E-state index >= 15 is 0 Å². The molecule has 0 unspecified atom stereocenters. The van der Waals surface area contributed by atoms with Gasteiger partial charge in [0.1, 0.15) is 0 Å². The fraction of sp³-hybridized carbons (Fsp3) is 0.455. The molecule has 2 N–H and O–H groups in total. The summed E-state index contributed by atoms with van der Waals surface area (Å²) in [5, 5.41) is 3.26. The number of anilines is 2. The molecule has 90 valence electrons. The Hall–Kier alpha value is -1.23. The summed E-state index contributed by atoms with van der Waals surface area (Å²) < 4.78 is 24.4. The zero-order chi connectivity index (χ0) is 12.0. The second kappa shape index (κ2) is 5.75. The van der Waals surface area contributed by atoms with Gasteiger partial charge in [-0.1, -0.05) is 13.3 Å². The van der Waals surface area contributed by atoms with Crippen molar-refractivity contribution in [1.82, 2.24) is 0 Å². The number of benzene rings is 1. The maximum atomic E-state index is 11.0. The van der Waals surface area contributed by atoms with E-state index in [1.165, 1.54) is 0 Å². The highest BCUT2D eigenvalue weighted by molar-refractivity contribution is 7.92. The fourth-order valence-corrected chi connectivity index (χ4v) is 1.84. The van der Waals surface area contributed by atoms with Gasteiger partial charge in [-0.25, -0.2) is 8.42 Å². The molecular formula is C11H18N2O2S. The molecule has 0 aliphatic heterocycles. The molecule has 0 saturated heterocycles. The zero-order valence-corrected chi connectivity index (χ0v) is 10.5. The van der Waals surface area contributed by atoms with Crippen molar-refractivity contribution in [3.63, 3.8) is 0 Å². The van der Waals surface area contributed by atoms with E-state index in [4.69, 9.17) is 0 Å². The van der Waals surface area contributed by atoms with Gasteiger partial charge in [0.15, 0.2) is 0 Å². The Morgan fingerprint density at radius 3 is 2.19 bits per heavy atom. The van der Waals surface area contributed by atoms with Gasteiger partial charge in [0.2, 0.25) is 10.0 Å². The van der Waals surface area contributed by atoms with Crippen molar-refractivity contribution in [2.24, 2.45) is 0 Å². The van der Waals surface area contributed by atoms with Gasteiger partial charge in [0.25, 0.3) is 0 Å². The Labute approximate surface area is 97.1 Å². The highest BCUT2D eigenvalue weighted by Crippen LogP contribution is 2.14. The van der Waals surface area contributed by atoms with Crippen LogP contribution in [-0.4, -0.2) is 21.2 Å². The third-order valence-corrected chi connectivity index (χ3v) is 2.65. The Kier molecular flexibility index (Phi) is 4.61. The lowest BCUT2D eigenvalue weighted by Crippen LogP contribution is -2.09. The van der Waals surface area contributed by atoms with Gasteiger partial charge in [0, 0.05) is 17.9 Å². The first-order valence-corrected chi connectivity index (χ1v) is 7.22. The summed E-state index contributed by atoms with van der Waals surface area (Å²) in [4.78, 5) is 0. The number of rotatable bonds is 6. The minimum atomic E-state index is -3.18. The first-order valence-electron chi connectivity index (χ1n) is 5.33. The second-order valence-electron chi connectivity index (χ2n) is 3.73.